The molecule has 0 heterocycles. The van der Waals surface area contributed by atoms with Crippen LogP contribution in [0.2, 0.25) is 0 Å². The molecule has 0 atom stereocenters. The summed E-state index contributed by atoms with van der Waals surface area (Å²) in [5.74, 6) is -0.0819. The third kappa shape index (κ3) is 3.10. The molecule has 1 aromatic rings. The van der Waals surface area contributed by atoms with Gasteiger partial charge >= 0.3 is 0 Å². The van der Waals surface area contributed by atoms with Crippen molar-refractivity contribution in [3.8, 4) is 5.75 Å². The van der Waals surface area contributed by atoms with Crippen LogP contribution in [0, 0.1) is 0 Å². The normalized spacial score (nSPS) is 16.6. The lowest BCUT2D eigenvalue weighted by atomic mass is 9.94. The third-order valence-corrected chi connectivity index (χ3v) is 3.57. The Kier molecular flexibility index (Phi) is 4.01. The molecule has 0 bridgehead atoms. The molecule has 5 heteroatoms. The summed E-state index contributed by atoms with van der Waals surface area (Å²) in [7, 11) is 0. The van der Waals surface area contributed by atoms with Gasteiger partial charge in [0.2, 0.25) is 0 Å². The Balaban J connectivity index is 2.03. The number of Topliss-reactive ketones (excluding diaryl/α,β-unsaturated/α-hetero) is 1. The molecule has 1 fully saturated rings. The predicted octanol–water partition coefficient (Wildman–Crippen LogP) is 2.40. The Morgan fingerprint density at radius 2 is 2.00 bits per heavy atom. The van der Waals surface area contributed by atoms with Crippen molar-refractivity contribution in [2.75, 3.05) is 0 Å². The molecule has 0 aliphatic heterocycles. The van der Waals surface area contributed by atoms with Crippen LogP contribution in [0.5, 0.6) is 5.75 Å². The van der Waals surface area contributed by atoms with Gasteiger partial charge in [0.15, 0.2) is 0 Å². The van der Waals surface area contributed by atoms with Gasteiger partial charge in [0, 0.05) is 23.4 Å². The van der Waals surface area contributed by atoms with Crippen LogP contribution >= 0.6 is 15.9 Å². The summed E-state index contributed by atoms with van der Waals surface area (Å²) in [6.07, 6.45) is 2.41. The number of benzene rings is 1. The number of phenolic OH excluding ortho intramolecular Hbond substituents is 1. The number of nitrogens with one attached hydrogen (secondary N) is 1. The summed E-state index contributed by atoms with van der Waals surface area (Å²) >= 11 is 3.26. The van der Waals surface area contributed by atoms with Crippen LogP contribution in [-0.2, 0) is 4.79 Å². The molecule has 2 N–H and O–H groups in total. The van der Waals surface area contributed by atoms with E-state index in [9.17, 15) is 14.7 Å². The highest BCUT2D eigenvalue weighted by atomic mass is 79.9. The van der Waals surface area contributed by atoms with Crippen LogP contribution in [0.3, 0.4) is 0 Å². The van der Waals surface area contributed by atoms with E-state index in [-0.39, 0.29) is 29.0 Å². The van der Waals surface area contributed by atoms with Gasteiger partial charge in [0.05, 0.1) is 5.56 Å². The van der Waals surface area contributed by atoms with Crippen LogP contribution < -0.4 is 5.32 Å². The number of phenols is 1. The minimum atomic E-state index is -0.298. The van der Waals surface area contributed by atoms with Crippen molar-refractivity contribution in [1.82, 2.24) is 5.32 Å². The second kappa shape index (κ2) is 5.52. The van der Waals surface area contributed by atoms with Crippen LogP contribution in [0.15, 0.2) is 22.7 Å². The summed E-state index contributed by atoms with van der Waals surface area (Å²) in [5.41, 5.74) is 0.251. The quantitative estimate of drug-likeness (QED) is 0.881. The molecule has 0 saturated heterocycles. The molecule has 96 valence electrons. The van der Waals surface area contributed by atoms with Crippen LogP contribution in [0.1, 0.15) is 36.0 Å². The zero-order valence-electron chi connectivity index (χ0n) is 9.78. The Morgan fingerprint density at radius 1 is 1.33 bits per heavy atom. The van der Waals surface area contributed by atoms with E-state index < -0.39 is 0 Å². The number of aromatic hydroxyl groups is 1. The summed E-state index contributed by atoms with van der Waals surface area (Å²) in [5, 5.41) is 12.5. The Morgan fingerprint density at radius 3 is 2.67 bits per heavy atom. The van der Waals surface area contributed by atoms with Gasteiger partial charge in [-0.2, -0.15) is 0 Å². The number of hydrogen-bond acceptors (Lipinski definition) is 3. The van der Waals surface area contributed by atoms with Crippen LogP contribution in [-0.4, -0.2) is 22.8 Å². The molecule has 1 aromatic carbocycles. The van der Waals surface area contributed by atoms with E-state index in [2.05, 4.69) is 21.2 Å². The molecule has 0 unspecified atom stereocenters. The lowest BCUT2D eigenvalue weighted by Crippen LogP contribution is -2.37. The van der Waals surface area contributed by atoms with E-state index in [1.165, 1.54) is 6.07 Å². The lowest BCUT2D eigenvalue weighted by Gasteiger charge is -2.22. The average Bonchev–Trinajstić information content (AvgIpc) is 2.35. The van der Waals surface area contributed by atoms with Crippen molar-refractivity contribution in [3.63, 3.8) is 0 Å². The summed E-state index contributed by atoms with van der Waals surface area (Å²) < 4.78 is 0.740. The molecule has 0 radical (unpaired) electrons. The molecule has 2 rings (SSSR count). The second-order valence-electron chi connectivity index (χ2n) is 4.45. The van der Waals surface area contributed by atoms with Crippen molar-refractivity contribution in [2.24, 2.45) is 0 Å². The number of amides is 1. The van der Waals surface area contributed by atoms with Crippen molar-refractivity contribution < 1.29 is 14.7 Å². The molecule has 0 aromatic heterocycles. The van der Waals surface area contributed by atoms with E-state index >= 15 is 0 Å². The maximum Gasteiger partial charge on any atom is 0.255 e. The van der Waals surface area contributed by atoms with E-state index in [0.717, 1.165) is 4.47 Å². The third-order valence-electron chi connectivity index (χ3n) is 3.08. The van der Waals surface area contributed by atoms with Crippen LogP contribution in [0.4, 0.5) is 0 Å². The summed E-state index contributed by atoms with van der Waals surface area (Å²) in [6, 6.07) is 4.75. The average molecular weight is 312 g/mol. The van der Waals surface area contributed by atoms with Gasteiger partial charge in [-0.3, -0.25) is 9.59 Å². The first-order valence-electron chi connectivity index (χ1n) is 5.87. The number of ketones is 1. The molecule has 1 aliphatic carbocycles. The number of carbonyl (C=O) groups is 2. The largest absolute Gasteiger partial charge is 0.507 e. The molecule has 0 spiro atoms. The predicted molar refractivity (Wildman–Crippen MR) is 70.5 cm³/mol. The number of halogens is 1. The minimum absolute atomic E-state index is 0.0218. The maximum atomic E-state index is 12.0. The maximum absolute atomic E-state index is 12.0. The number of rotatable bonds is 2. The first kappa shape index (κ1) is 13.1. The van der Waals surface area contributed by atoms with Crippen molar-refractivity contribution in [2.45, 2.75) is 31.7 Å². The number of carbonyl (C=O) groups excluding carboxylic acids is 2. The van der Waals surface area contributed by atoms with Gasteiger partial charge in [0.1, 0.15) is 11.5 Å². The molecular formula is C13H14BrNO3. The summed E-state index contributed by atoms with van der Waals surface area (Å²) in [4.78, 5) is 23.1. The molecule has 18 heavy (non-hydrogen) atoms. The van der Waals surface area contributed by atoms with Gasteiger partial charge in [-0.15, -0.1) is 0 Å². The van der Waals surface area contributed by atoms with Crippen molar-refractivity contribution >= 4 is 27.6 Å². The molecular weight excluding hydrogens is 298 g/mol. The SMILES string of the molecule is O=C1CCC(NC(=O)c2cc(Br)ccc2O)CC1. The first-order chi connectivity index (χ1) is 8.56. The van der Waals surface area contributed by atoms with E-state index in [4.69, 9.17) is 0 Å². The highest BCUT2D eigenvalue weighted by Gasteiger charge is 2.21. The van der Waals surface area contributed by atoms with Crippen molar-refractivity contribution in [1.29, 1.82) is 0 Å². The molecule has 1 aliphatic rings. The standard InChI is InChI=1S/C13H14BrNO3/c14-8-1-6-12(17)11(7-8)13(18)15-9-2-4-10(16)5-3-9/h1,6-7,9,17H,2-5H2,(H,15,18). The zero-order chi connectivity index (χ0) is 13.1. The van der Waals surface area contributed by atoms with Gasteiger partial charge in [-0.05, 0) is 31.0 Å². The monoisotopic (exact) mass is 311 g/mol. The summed E-state index contributed by atoms with van der Waals surface area (Å²) in [6.45, 7) is 0. The fraction of sp³-hybridized carbons (Fsp3) is 0.385. The Labute approximate surface area is 114 Å². The fourth-order valence-electron chi connectivity index (χ4n) is 2.04. The highest BCUT2D eigenvalue weighted by Crippen LogP contribution is 2.22. The zero-order valence-corrected chi connectivity index (χ0v) is 11.4. The molecule has 4 nitrogen and oxygen atoms in total. The Bertz CT molecular complexity index is 477. The fourth-order valence-corrected chi connectivity index (χ4v) is 2.40. The smallest absolute Gasteiger partial charge is 0.255 e. The molecule has 1 saturated carbocycles. The Hall–Kier alpha value is -1.36. The number of hydrogen-bond donors (Lipinski definition) is 2. The van der Waals surface area contributed by atoms with Gasteiger partial charge in [-0.1, -0.05) is 15.9 Å². The van der Waals surface area contributed by atoms with Crippen LogP contribution in [0.25, 0.3) is 0 Å². The molecule has 1 amide bonds. The minimum Gasteiger partial charge on any atom is -0.507 e. The lowest BCUT2D eigenvalue weighted by molar-refractivity contribution is -0.120. The van der Waals surface area contributed by atoms with E-state index in [1.807, 2.05) is 0 Å². The topological polar surface area (TPSA) is 66.4 Å². The van der Waals surface area contributed by atoms with E-state index in [1.54, 1.807) is 12.1 Å². The van der Waals surface area contributed by atoms with Gasteiger partial charge in [-0.25, -0.2) is 0 Å². The highest BCUT2D eigenvalue weighted by molar-refractivity contribution is 9.10. The first-order valence-corrected chi connectivity index (χ1v) is 6.66. The van der Waals surface area contributed by atoms with Gasteiger partial charge < -0.3 is 10.4 Å². The second-order valence-corrected chi connectivity index (χ2v) is 5.36. The van der Waals surface area contributed by atoms with Gasteiger partial charge in [0.25, 0.3) is 5.91 Å². The van der Waals surface area contributed by atoms with E-state index in [0.29, 0.717) is 25.7 Å². The van der Waals surface area contributed by atoms with Crippen molar-refractivity contribution in [3.05, 3.63) is 28.2 Å².